The van der Waals surface area contributed by atoms with Gasteiger partial charge in [0, 0.05) is 27.9 Å². The van der Waals surface area contributed by atoms with E-state index in [2.05, 4.69) is 174 Å². The Morgan fingerprint density at radius 1 is 0.439 bits per heavy atom. The fraction of sp³-hybridized carbons (Fsp3) is 0.357. The molecule has 5 atom stereocenters. The molecule has 0 aliphatic heterocycles. The van der Waals surface area contributed by atoms with Crippen molar-refractivity contribution >= 4 is 17.1 Å². The Balaban J connectivity index is 0.981. The van der Waals surface area contributed by atoms with Gasteiger partial charge in [-0.25, -0.2) is 0 Å². The maximum Gasteiger partial charge on any atom is 0.0465 e. The molecule has 0 radical (unpaired) electrons. The third-order valence-electron chi connectivity index (χ3n) is 16.7. The normalized spacial score (nSPS) is 26.8. The fourth-order valence-corrected chi connectivity index (χ4v) is 14.0. The van der Waals surface area contributed by atoms with E-state index in [1.54, 1.807) is 11.1 Å². The van der Waals surface area contributed by atoms with Gasteiger partial charge in [0.1, 0.15) is 0 Å². The summed E-state index contributed by atoms with van der Waals surface area (Å²) in [7, 11) is 0. The summed E-state index contributed by atoms with van der Waals surface area (Å²) < 4.78 is 0. The van der Waals surface area contributed by atoms with Crippen molar-refractivity contribution in [2.45, 2.75) is 102 Å². The van der Waals surface area contributed by atoms with Gasteiger partial charge in [0.15, 0.2) is 0 Å². The molecule has 0 amide bonds. The molecule has 1 heteroatoms. The van der Waals surface area contributed by atoms with Crippen molar-refractivity contribution in [3.63, 3.8) is 0 Å². The molecular formula is C56H55N. The van der Waals surface area contributed by atoms with Crippen LogP contribution in [-0.2, 0) is 21.7 Å². The molecular weight excluding hydrogens is 687 g/mol. The molecule has 5 unspecified atom stereocenters. The van der Waals surface area contributed by atoms with E-state index in [0.29, 0.717) is 0 Å². The number of nitrogens with zero attached hydrogens (tertiary/aromatic N) is 1. The van der Waals surface area contributed by atoms with Gasteiger partial charge in [-0.15, -0.1) is 0 Å². The second-order valence-corrected chi connectivity index (χ2v) is 20.8. The second kappa shape index (κ2) is 11.4. The Morgan fingerprint density at radius 2 is 1.02 bits per heavy atom. The van der Waals surface area contributed by atoms with Crippen LogP contribution in [-0.4, -0.2) is 0 Å². The first-order valence-electron chi connectivity index (χ1n) is 22.0. The summed E-state index contributed by atoms with van der Waals surface area (Å²) >= 11 is 0. The standard InChI is InChI=1S/C56H55N/c1-53(2)25-26-54(3,4)52-33-41(21-24-48(52)53)57(40-20-23-44-42-11-7-9-13-46(42)55(5,6)50(44)32-40)39-18-15-35(16-19-39)36-17-22-45-43-12-8-10-14-47(43)56(51(45)31-36)38-28-34-27-37(30-38)49(56)29-34/h7-24,31-34,37-38,49H,25-30H2,1-6H3. The van der Waals surface area contributed by atoms with E-state index in [4.69, 9.17) is 0 Å². The predicted molar refractivity (Wildman–Crippen MR) is 238 cm³/mol. The summed E-state index contributed by atoms with van der Waals surface area (Å²) in [5, 5.41) is 0. The third kappa shape index (κ3) is 4.52. The second-order valence-electron chi connectivity index (χ2n) is 20.8. The quantitative estimate of drug-likeness (QED) is 0.174. The van der Waals surface area contributed by atoms with Crippen LogP contribution < -0.4 is 4.90 Å². The van der Waals surface area contributed by atoms with Gasteiger partial charge in [-0.2, -0.15) is 0 Å². The monoisotopic (exact) mass is 741 g/mol. The molecule has 6 aromatic carbocycles. The van der Waals surface area contributed by atoms with Crippen molar-refractivity contribution < 1.29 is 0 Å². The van der Waals surface area contributed by atoms with Gasteiger partial charge in [0.05, 0.1) is 0 Å². The van der Waals surface area contributed by atoms with Crippen LogP contribution in [0.2, 0.25) is 0 Å². The topological polar surface area (TPSA) is 3.24 Å². The van der Waals surface area contributed by atoms with Crippen molar-refractivity contribution in [3.8, 4) is 33.4 Å². The molecule has 13 rings (SSSR count). The van der Waals surface area contributed by atoms with Crippen LogP contribution >= 0.6 is 0 Å². The van der Waals surface area contributed by atoms with Crippen molar-refractivity contribution in [3.05, 3.63) is 161 Å². The van der Waals surface area contributed by atoms with Crippen LogP contribution in [0, 0.1) is 23.7 Å². The minimum absolute atomic E-state index is 0.0673. The Hall–Kier alpha value is -4.88. The lowest BCUT2D eigenvalue weighted by molar-refractivity contribution is 0.191. The average molecular weight is 742 g/mol. The number of anilines is 3. The van der Waals surface area contributed by atoms with Crippen LogP contribution in [0.25, 0.3) is 33.4 Å². The summed E-state index contributed by atoms with van der Waals surface area (Å²) in [6.45, 7) is 14.5. The summed E-state index contributed by atoms with van der Waals surface area (Å²) in [5.41, 5.74) is 21.6. The van der Waals surface area contributed by atoms with Gasteiger partial charge >= 0.3 is 0 Å². The lowest BCUT2D eigenvalue weighted by Gasteiger charge is -2.44. The minimum atomic E-state index is -0.0673. The van der Waals surface area contributed by atoms with E-state index >= 15 is 0 Å². The predicted octanol–water partition coefficient (Wildman–Crippen LogP) is 14.8. The molecule has 7 aliphatic carbocycles. The van der Waals surface area contributed by atoms with Gasteiger partial charge in [0.2, 0.25) is 0 Å². The van der Waals surface area contributed by atoms with Gasteiger partial charge < -0.3 is 4.90 Å². The first-order chi connectivity index (χ1) is 27.4. The van der Waals surface area contributed by atoms with E-state index in [1.807, 2.05) is 0 Å². The zero-order valence-corrected chi connectivity index (χ0v) is 34.6. The Kier molecular flexibility index (Phi) is 6.84. The number of hydrogen-bond acceptors (Lipinski definition) is 1. The van der Waals surface area contributed by atoms with Crippen molar-refractivity contribution in [1.29, 1.82) is 0 Å². The minimum Gasteiger partial charge on any atom is -0.310 e. The lowest BCUT2D eigenvalue weighted by Crippen LogP contribution is -2.40. The SMILES string of the molecule is CC1(C)CCC(C)(C)c2cc(N(c3ccc(-c4ccc5c(c4)C4(c6ccccc6-5)C5CC6CC(C5)C4C6)cc3)c3ccc4c(c3)C(C)(C)c3ccccc3-4)ccc21. The largest absolute Gasteiger partial charge is 0.310 e. The van der Waals surface area contributed by atoms with E-state index in [1.165, 1.54) is 111 Å². The molecule has 4 saturated carbocycles. The number of benzene rings is 6. The van der Waals surface area contributed by atoms with Gasteiger partial charge in [-0.3, -0.25) is 0 Å². The summed E-state index contributed by atoms with van der Waals surface area (Å²) in [6.07, 6.45) is 8.15. The maximum atomic E-state index is 2.63. The smallest absolute Gasteiger partial charge is 0.0465 e. The summed E-state index contributed by atoms with van der Waals surface area (Å²) in [5.74, 6) is 3.44. The molecule has 0 N–H and O–H groups in total. The molecule has 1 spiro atoms. The van der Waals surface area contributed by atoms with Crippen molar-refractivity contribution in [1.82, 2.24) is 0 Å². The van der Waals surface area contributed by atoms with Gasteiger partial charge in [0.25, 0.3) is 0 Å². The van der Waals surface area contributed by atoms with Crippen molar-refractivity contribution in [2.24, 2.45) is 23.7 Å². The Labute approximate surface area is 340 Å². The Morgan fingerprint density at radius 3 is 1.77 bits per heavy atom. The van der Waals surface area contributed by atoms with Crippen LogP contribution in [0.4, 0.5) is 17.1 Å². The van der Waals surface area contributed by atoms with E-state index < -0.39 is 0 Å². The van der Waals surface area contributed by atoms with E-state index in [-0.39, 0.29) is 21.7 Å². The highest BCUT2D eigenvalue weighted by Crippen LogP contribution is 2.73. The lowest BCUT2D eigenvalue weighted by atomic mass is 9.59. The van der Waals surface area contributed by atoms with E-state index in [9.17, 15) is 0 Å². The van der Waals surface area contributed by atoms with Gasteiger partial charge in [-0.05, 0) is 182 Å². The van der Waals surface area contributed by atoms with Crippen LogP contribution in [0.5, 0.6) is 0 Å². The summed E-state index contributed by atoms with van der Waals surface area (Å²) in [4.78, 5) is 2.53. The first kappa shape index (κ1) is 34.2. The molecule has 4 fully saturated rings. The number of rotatable bonds is 4. The molecule has 7 aliphatic rings. The number of hydrogen-bond donors (Lipinski definition) is 0. The van der Waals surface area contributed by atoms with Crippen molar-refractivity contribution in [2.75, 3.05) is 4.90 Å². The molecule has 6 aromatic rings. The fourth-order valence-electron chi connectivity index (χ4n) is 14.0. The summed E-state index contributed by atoms with van der Waals surface area (Å²) in [6, 6.07) is 50.1. The van der Waals surface area contributed by atoms with Gasteiger partial charge in [-0.1, -0.05) is 126 Å². The number of fused-ring (bicyclic) bond motifs is 7. The molecule has 0 saturated heterocycles. The van der Waals surface area contributed by atoms with E-state index in [0.717, 1.165) is 23.7 Å². The Bertz CT molecular complexity index is 2650. The van der Waals surface area contributed by atoms with Crippen LogP contribution in [0.1, 0.15) is 113 Å². The molecule has 0 aromatic heterocycles. The highest BCUT2D eigenvalue weighted by molar-refractivity contribution is 5.88. The molecule has 1 nitrogen and oxygen atoms in total. The first-order valence-corrected chi connectivity index (χ1v) is 22.0. The molecule has 0 heterocycles. The highest BCUT2D eigenvalue weighted by Gasteiger charge is 2.66. The van der Waals surface area contributed by atoms with Crippen LogP contribution in [0.15, 0.2) is 127 Å². The maximum absolute atomic E-state index is 2.63. The van der Waals surface area contributed by atoms with Crippen LogP contribution in [0.3, 0.4) is 0 Å². The zero-order valence-electron chi connectivity index (χ0n) is 34.6. The third-order valence-corrected chi connectivity index (χ3v) is 16.7. The average Bonchev–Trinajstić information content (AvgIpc) is 3.84. The molecule has 4 bridgehead atoms. The molecule has 57 heavy (non-hydrogen) atoms. The molecule has 284 valence electrons. The zero-order chi connectivity index (χ0) is 38.6. The highest BCUT2D eigenvalue weighted by atomic mass is 15.1.